The molecule has 0 amide bonds. The number of imidazole rings is 1. The van der Waals surface area contributed by atoms with Gasteiger partial charge in [-0.3, -0.25) is 4.90 Å². The van der Waals surface area contributed by atoms with Gasteiger partial charge in [0.15, 0.2) is 0 Å². The minimum absolute atomic E-state index is 0.436. The van der Waals surface area contributed by atoms with E-state index in [-0.39, 0.29) is 0 Å². The summed E-state index contributed by atoms with van der Waals surface area (Å²) in [5, 5.41) is 10.2. The summed E-state index contributed by atoms with van der Waals surface area (Å²) in [6, 6.07) is 7.12. The third kappa shape index (κ3) is 4.11. The lowest BCUT2D eigenvalue weighted by molar-refractivity contribution is 0.0633. The average Bonchev–Trinajstić information content (AvgIpc) is 2.96. The van der Waals surface area contributed by atoms with Gasteiger partial charge in [0, 0.05) is 51.0 Å². The van der Waals surface area contributed by atoms with Crippen molar-refractivity contribution in [1.29, 1.82) is 0 Å². The Bertz CT molecular complexity index is 810. The number of benzene rings is 1. The highest BCUT2D eigenvalue weighted by atomic mass is 16.3. The SMILES string of the molecule is CN1CCN(C2CCN(c3ccc4c(c3)nc(N)n4CC(C)(C)O)CC2)CC1. The largest absolute Gasteiger partial charge is 0.389 e. The fraction of sp³-hybridized carbons (Fsp3) is 0.667. The molecule has 0 saturated carbocycles. The molecule has 7 nitrogen and oxygen atoms in total. The molecule has 0 atom stereocenters. The molecule has 28 heavy (non-hydrogen) atoms. The van der Waals surface area contributed by atoms with Crippen LogP contribution < -0.4 is 10.6 Å². The van der Waals surface area contributed by atoms with E-state index >= 15 is 0 Å². The molecule has 7 heteroatoms. The van der Waals surface area contributed by atoms with Crippen LogP contribution in [0.4, 0.5) is 11.6 Å². The van der Waals surface area contributed by atoms with Crippen LogP contribution in [-0.2, 0) is 6.54 Å². The van der Waals surface area contributed by atoms with Gasteiger partial charge in [0.25, 0.3) is 0 Å². The van der Waals surface area contributed by atoms with E-state index in [9.17, 15) is 5.11 Å². The summed E-state index contributed by atoms with van der Waals surface area (Å²) in [5.41, 5.74) is 8.39. The van der Waals surface area contributed by atoms with Gasteiger partial charge >= 0.3 is 0 Å². The molecule has 0 radical (unpaired) electrons. The van der Waals surface area contributed by atoms with Crippen molar-refractivity contribution in [3.05, 3.63) is 18.2 Å². The zero-order valence-electron chi connectivity index (χ0n) is 17.4. The number of hydrogen-bond donors (Lipinski definition) is 2. The number of aliphatic hydroxyl groups is 1. The molecule has 0 spiro atoms. The van der Waals surface area contributed by atoms with Crippen molar-refractivity contribution < 1.29 is 5.11 Å². The molecule has 4 rings (SSSR count). The van der Waals surface area contributed by atoms with Crippen molar-refractivity contribution in [2.45, 2.75) is 44.9 Å². The second-order valence-electron chi connectivity index (χ2n) is 9.10. The van der Waals surface area contributed by atoms with E-state index in [0.29, 0.717) is 12.5 Å². The van der Waals surface area contributed by atoms with Crippen molar-refractivity contribution in [2.24, 2.45) is 0 Å². The van der Waals surface area contributed by atoms with Gasteiger partial charge in [0.1, 0.15) is 0 Å². The molecule has 1 aromatic heterocycles. The standard InChI is InChI=1S/C21H34N6O/c1-21(2,28)15-27-19-5-4-17(14-18(19)23-20(27)22)25-8-6-16(7-9-25)26-12-10-24(3)11-13-26/h4-5,14,16,28H,6-13,15H2,1-3H3,(H2,22,23). The molecule has 3 N–H and O–H groups in total. The molecule has 2 saturated heterocycles. The van der Waals surface area contributed by atoms with Crippen LogP contribution >= 0.6 is 0 Å². The number of nitrogen functional groups attached to an aromatic ring is 1. The van der Waals surface area contributed by atoms with E-state index in [1.165, 1.54) is 44.7 Å². The molecule has 2 aliphatic rings. The van der Waals surface area contributed by atoms with Crippen LogP contribution in [-0.4, -0.2) is 82.4 Å². The first-order chi connectivity index (χ1) is 13.3. The zero-order valence-corrected chi connectivity index (χ0v) is 17.4. The molecule has 2 aliphatic heterocycles. The van der Waals surface area contributed by atoms with Crippen LogP contribution in [0, 0.1) is 0 Å². The number of nitrogens with zero attached hydrogens (tertiary/aromatic N) is 5. The Balaban J connectivity index is 1.44. The van der Waals surface area contributed by atoms with E-state index < -0.39 is 5.60 Å². The zero-order chi connectivity index (χ0) is 19.9. The van der Waals surface area contributed by atoms with E-state index in [2.05, 4.69) is 44.9 Å². The van der Waals surface area contributed by atoms with Crippen LogP contribution in [0.5, 0.6) is 0 Å². The summed E-state index contributed by atoms with van der Waals surface area (Å²) >= 11 is 0. The summed E-state index contributed by atoms with van der Waals surface area (Å²) in [6.45, 7) is 11.0. The molecule has 1 aromatic carbocycles. The fourth-order valence-electron chi connectivity index (χ4n) is 4.56. The number of nitrogens with two attached hydrogens (primary N) is 1. The summed E-state index contributed by atoms with van der Waals surface area (Å²) in [6.07, 6.45) is 2.44. The quantitative estimate of drug-likeness (QED) is 0.832. The molecule has 0 unspecified atom stereocenters. The summed E-state index contributed by atoms with van der Waals surface area (Å²) < 4.78 is 1.90. The van der Waals surface area contributed by atoms with E-state index in [1.54, 1.807) is 13.8 Å². The maximum atomic E-state index is 10.2. The number of aromatic nitrogens is 2. The summed E-state index contributed by atoms with van der Waals surface area (Å²) in [5.74, 6) is 0.461. The van der Waals surface area contributed by atoms with Crippen LogP contribution in [0.2, 0.25) is 0 Å². The maximum absolute atomic E-state index is 10.2. The molecule has 154 valence electrons. The number of rotatable bonds is 4. The van der Waals surface area contributed by atoms with Gasteiger partial charge in [0.05, 0.1) is 23.2 Å². The normalized spacial score (nSPS) is 20.9. The number of piperidine rings is 1. The van der Waals surface area contributed by atoms with Crippen LogP contribution in [0.1, 0.15) is 26.7 Å². The first-order valence-corrected chi connectivity index (χ1v) is 10.5. The number of fused-ring (bicyclic) bond motifs is 1. The van der Waals surface area contributed by atoms with Gasteiger partial charge in [-0.25, -0.2) is 4.98 Å². The lowest BCUT2D eigenvalue weighted by Gasteiger charge is -2.42. The Hall–Kier alpha value is -1.83. The molecular formula is C21H34N6O. The Labute approximate surface area is 167 Å². The third-order valence-electron chi connectivity index (χ3n) is 6.19. The topological polar surface area (TPSA) is 73.8 Å². The van der Waals surface area contributed by atoms with Gasteiger partial charge in [0.2, 0.25) is 5.95 Å². The molecule has 2 aromatic rings. The van der Waals surface area contributed by atoms with Gasteiger partial charge in [-0.05, 0) is 51.9 Å². The van der Waals surface area contributed by atoms with E-state index in [1.807, 2.05) is 4.57 Å². The van der Waals surface area contributed by atoms with E-state index in [4.69, 9.17) is 5.73 Å². The van der Waals surface area contributed by atoms with Gasteiger partial charge in [-0.15, -0.1) is 0 Å². The number of piperazine rings is 1. The van der Waals surface area contributed by atoms with Crippen LogP contribution in [0.15, 0.2) is 18.2 Å². The second kappa shape index (κ2) is 7.54. The lowest BCUT2D eigenvalue weighted by atomic mass is 10.0. The lowest BCUT2D eigenvalue weighted by Crippen LogP contribution is -2.52. The van der Waals surface area contributed by atoms with Gasteiger partial charge < -0.3 is 25.2 Å². The van der Waals surface area contributed by atoms with Crippen molar-refractivity contribution in [2.75, 3.05) is 56.9 Å². The highest BCUT2D eigenvalue weighted by Gasteiger charge is 2.27. The van der Waals surface area contributed by atoms with E-state index in [0.717, 1.165) is 30.2 Å². The Morgan fingerprint density at radius 3 is 2.43 bits per heavy atom. The van der Waals surface area contributed by atoms with Crippen molar-refractivity contribution in [3.63, 3.8) is 0 Å². The average molecular weight is 387 g/mol. The monoisotopic (exact) mass is 386 g/mol. The fourth-order valence-corrected chi connectivity index (χ4v) is 4.56. The molecular weight excluding hydrogens is 352 g/mol. The third-order valence-corrected chi connectivity index (χ3v) is 6.19. The number of hydrogen-bond acceptors (Lipinski definition) is 6. The molecule has 3 heterocycles. The minimum atomic E-state index is -0.828. The van der Waals surface area contributed by atoms with Gasteiger partial charge in [-0.2, -0.15) is 0 Å². The molecule has 0 bridgehead atoms. The summed E-state index contributed by atoms with van der Waals surface area (Å²) in [7, 11) is 2.21. The van der Waals surface area contributed by atoms with Crippen LogP contribution in [0.3, 0.4) is 0 Å². The van der Waals surface area contributed by atoms with Crippen molar-refractivity contribution in [3.8, 4) is 0 Å². The van der Waals surface area contributed by atoms with Crippen LogP contribution in [0.25, 0.3) is 11.0 Å². The summed E-state index contributed by atoms with van der Waals surface area (Å²) in [4.78, 5) is 12.1. The smallest absolute Gasteiger partial charge is 0.201 e. The predicted molar refractivity (Wildman–Crippen MR) is 115 cm³/mol. The first-order valence-electron chi connectivity index (χ1n) is 10.5. The first kappa shape index (κ1) is 19.5. The maximum Gasteiger partial charge on any atom is 0.201 e. The Morgan fingerprint density at radius 2 is 1.79 bits per heavy atom. The second-order valence-corrected chi connectivity index (χ2v) is 9.10. The number of anilines is 2. The molecule has 2 fully saturated rings. The highest BCUT2D eigenvalue weighted by Crippen LogP contribution is 2.28. The number of likely N-dealkylation sites (N-methyl/N-ethyl adjacent to an activating group) is 1. The van der Waals surface area contributed by atoms with Crippen molar-refractivity contribution >= 4 is 22.7 Å². The predicted octanol–water partition coefficient (Wildman–Crippen LogP) is 1.61. The highest BCUT2D eigenvalue weighted by molar-refractivity contribution is 5.82. The Morgan fingerprint density at radius 1 is 1.11 bits per heavy atom. The minimum Gasteiger partial charge on any atom is -0.389 e. The van der Waals surface area contributed by atoms with Crippen molar-refractivity contribution in [1.82, 2.24) is 19.4 Å². The molecule has 0 aliphatic carbocycles. The van der Waals surface area contributed by atoms with Gasteiger partial charge in [-0.1, -0.05) is 0 Å². The Kier molecular flexibility index (Phi) is 5.24.